The van der Waals surface area contributed by atoms with Gasteiger partial charge in [0.2, 0.25) is 5.91 Å². The van der Waals surface area contributed by atoms with Crippen LogP contribution < -0.4 is 10.6 Å². The highest BCUT2D eigenvalue weighted by molar-refractivity contribution is 7.09. The van der Waals surface area contributed by atoms with Crippen LogP contribution in [-0.2, 0) is 11.3 Å². The lowest BCUT2D eigenvalue weighted by Crippen LogP contribution is -2.58. The number of rotatable bonds is 2. The van der Waals surface area contributed by atoms with Crippen LogP contribution in [0.3, 0.4) is 0 Å². The zero-order chi connectivity index (χ0) is 13.2. The average Bonchev–Trinajstić information content (AvgIpc) is 2.94. The van der Waals surface area contributed by atoms with Gasteiger partial charge in [0.1, 0.15) is 0 Å². The molecule has 0 spiro atoms. The molecule has 0 radical (unpaired) electrons. The van der Waals surface area contributed by atoms with E-state index in [0.29, 0.717) is 25.6 Å². The summed E-state index contributed by atoms with van der Waals surface area (Å²) in [5.41, 5.74) is 0. The topological polar surface area (TPSA) is 61.4 Å². The van der Waals surface area contributed by atoms with E-state index in [1.807, 2.05) is 17.5 Å². The summed E-state index contributed by atoms with van der Waals surface area (Å²) in [7, 11) is 0. The third-order valence-electron chi connectivity index (χ3n) is 3.74. The number of carbonyl (C=O) groups is 2. The van der Waals surface area contributed by atoms with Crippen molar-refractivity contribution in [2.24, 2.45) is 11.8 Å². The summed E-state index contributed by atoms with van der Waals surface area (Å²) in [6.45, 7) is 2.63. The summed E-state index contributed by atoms with van der Waals surface area (Å²) < 4.78 is 0. The van der Waals surface area contributed by atoms with Gasteiger partial charge < -0.3 is 10.6 Å². The molecule has 1 aromatic rings. The fourth-order valence-corrected chi connectivity index (χ4v) is 3.43. The number of fused-ring (bicyclic) bond motifs is 2. The summed E-state index contributed by atoms with van der Waals surface area (Å²) in [4.78, 5) is 26.8. The molecule has 6 heteroatoms. The number of nitrogens with one attached hydrogen (secondary N) is 2. The van der Waals surface area contributed by atoms with E-state index in [1.165, 1.54) is 4.90 Å². The molecule has 2 saturated heterocycles. The Bertz CT molecular complexity index is 474. The molecule has 2 aliphatic heterocycles. The zero-order valence-electron chi connectivity index (χ0n) is 10.6. The van der Waals surface area contributed by atoms with Gasteiger partial charge in [0, 0.05) is 18.0 Å². The van der Waals surface area contributed by atoms with Crippen LogP contribution >= 0.6 is 11.3 Å². The summed E-state index contributed by atoms with van der Waals surface area (Å²) in [5, 5.41) is 8.06. The molecule has 0 aromatic carbocycles. The smallest absolute Gasteiger partial charge is 0.324 e. The van der Waals surface area contributed by atoms with Gasteiger partial charge in [0.05, 0.1) is 12.5 Å². The fourth-order valence-electron chi connectivity index (χ4n) is 2.78. The summed E-state index contributed by atoms with van der Waals surface area (Å²) in [6, 6.07) is 3.67. The van der Waals surface area contributed by atoms with Crippen molar-refractivity contribution in [2.45, 2.75) is 13.0 Å². The Balaban J connectivity index is 1.61. The molecule has 2 fully saturated rings. The highest BCUT2D eigenvalue weighted by Crippen LogP contribution is 2.25. The maximum Gasteiger partial charge on any atom is 0.324 e. The standard InChI is InChI=1S/C13H17N3O2S/c17-12-10-4-9(5-14-6-10)8-16(12)13(18)15-7-11-2-1-3-19-11/h1-3,9-10,14H,4-8H2,(H,15,18). The van der Waals surface area contributed by atoms with E-state index in [2.05, 4.69) is 10.6 Å². The molecular formula is C13H17N3O2S. The lowest BCUT2D eigenvalue weighted by Gasteiger charge is -2.39. The molecule has 2 aliphatic rings. The molecule has 1 aromatic heterocycles. The first-order valence-electron chi connectivity index (χ1n) is 6.56. The van der Waals surface area contributed by atoms with E-state index in [-0.39, 0.29) is 17.9 Å². The molecule has 3 heterocycles. The number of imide groups is 1. The molecule has 2 N–H and O–H groups in total. The van der Waals surface area contributed by atoms with Gasteiger partial charge >= 0.3 is 6.03 Å². The highest BCUT2D eigenvalue weighted by atomic mass is 32.1. The molecule has 2 atom stereocenters. The van der Waals surface area contributed by atoms with Crippen LogP contribution in [0.5, 0.6) is 0 Å². The first-order valence-corrected chi connectivity index (χ1v) is 7.44. The third-order valence-corrected chi connectivity index (χ3v) is 4.61. The van der Waals surface area contributed by atoms with Crippen LogP contribution in [-0.4, -0.2) is 36.5 Å². The Morgan fingerprint density at radius 3 is 3.21 bits per heavy atom. The Hall–Kier alpha value is -1.40. The minimum Gasteiger partial charge on any atom is -0.333 e. The fraction of sp³-hybridized carbons (Fsp3) is 0.538. The normalized spacial score (nSPS) is 26.3. The van der Waals surface area contributed by atoms with Crippen LogP contribution in [0.25, 0.3) is 0 Å². The van der Waals surface area contributed by atoms with E-state index in [4.69, 9.17) is 0 Å². The van der Waals surface area contributed by atoms with E-state index in [0.717, 1.165) is 17.8 Å². The Morgan fingerprint density at radius 2 is 2.42 bits per heavy atom. The second-order valence-corrected chi connectivity index (χ2v) is 6.18. The van der Waals surface area contributed by atoms with Crippen molar-refractivity contribution in [1.82, 2.24) is 15.5 Å². The van der Waals surface area contributed by atoms with Gasteiger partial charge in [-0.3, -0.25) is 9.69 Å². The Labute approximate surface area is 116 Å². The molecule has 0 aliphatic carbocycles. The lowest BCUT2D eigenvalue weighted by atomic mass is 9.85. The number of carbonyl (C=O) groups excluding carboxylic acids is 2. The number of thiophene rings is 1. The monoisotopic (exact) mass is 279 g/mol. The third kappa shape index (κ3) is 2.64. The van der Waals surface area contributed by atoms with Gasteiger partial charge in [-0.25, -0.2) is 4.79 Å². The number of amides is 3. The molecule has 2 unspecified atom stereocenters. The van der Waals surface area contributed by atoms with E-state index < -0.39 is 0 Å². The van der Waals surface area contributed by atoms with Gasteiger partial charge in [-0.1, -0.05) is 6.07 Å². The van der Waals surface area contributed by atoms with Gasteiger partial charge in [-0.05, 0) is 30.3 Å². The van der Waals surface area contributed by atoms with Gasteiger partial charge in [-0.2, -0.15) is 0 Å². The van der Waals surface area contributed by atoms with Crippen molar-refractivity contribution >= 4 is 23.3 Å². The first-order chi connectivity index (χ1) is 9.24. The second-order valence-electron chi connectivity index (χ2n) is 5.14. The SMILES string of the molecule is O=C(NCc1cccs1)N1CC2CNCC(C2)C1=O. The molecule has 3 rings (SSSR count). The van der Waals surface area contributed by atoms with Crippen molar-refractivity contribution in [1.29, 1.82) is 0 Å². The molecule has 2 bridgehead atoms. The first kappa shape index (κ1) is 12.6. The largest absolute Gasteiger partial charge is 0.333 e. The van der Waals surface area contributed by atoms with Gasteiger partial charge in [-0.15, -0.1) is 11.3 Å². The second kappa shape index (κ2) is 5.30. The summed E-state index contributed by atoms with van der Waals surface area (Å²) in [5.74, 6) is 0.344. The molecule has 5 nitrogen and oxygen atoms in total. The summed E-state index contributed by atoms with van der Waals surface area (Å²) >= 11 is 1.60. The number of nitrogens with zero attached hydrogens (tertiary/aromatic N) is 1. The minimum absolute atomic E-state index is 0.0278. The number of piperidine rings is 2. The van der Waals surface area contributed by atoms with Crippen LogP contribution in [0.4, 0.5) is 4.79 Å². The number of hydrogen-bond donors (Lipinski definition) is 2. The van der Waals surface area contributed by atoms with Crippen LogP contribution in [0, 0.1) is 11.8 Å². The number of hydrogen-bond acceptors (Lipinski definition) is 4. The average molecular weight is 279 g/mol. The van der Waals surface area contributed by atoms with Crippen molar-refractivity contribution in [3.05, 3.63) is 22.4 Å². The molecular weight excluding hydrogens is 262 g/mol. The van der Waals surface area contributed by atoms with Crippen molar-refractivity contribution in [3.63, 3.8) is 0 Å². The van der Waals surface area contributed by atoms with E-state index in [1.54, 1.807) is 11.3 Å². The predicted molar refractivity (Wildman–Crippen MR) is 72.7 cm³/mol. The molecule has 3 amide bonds. The number of likely N-dealkylation sites (tertiary alicyclic amines) is 1. The van der Waals surface area contributed by atoms with Crippen molar-refractivity contribution < 1.29 is 9.59 Å². The number of urea groups is 1. The minimum atomic E-state index is -0.255. The zero-order valence-corrected chi connectivity index (χ0v) is 11.4. The quantitative estimate of drug-likeness (QED) is 0.850. The van der Waals surface area contributed by atoms with E-state index >= 15 is 0 Å². The van der Waals surface area contributed by atoms with E-state index in [9.17, 15) is 9.59 Å². The molecule has 0 saturated carbocycles. The van der Waals surface area contributed by atoms with Gasteiger partial charge in [0.25, 0.3) is 0 Å². The Morgan fingerprint density at radius 1 is 1.53 bits per heavy atom. The Kier molecular flexibility index (Phi) is 3.52. The van der Waals surface area contributed by atoms with Crippen molar-refractivity contribution in [2.75, 3.05) is 19.6 Å². The maximum absolute atomic E-state index is 12.2. The van der Waals surface area contributed by atoms with Crippen molar-refractivity contribution in [3.8, 4) is 0 Å². The van der Waals surface area contributed by atoms with Gasteiger partial charge in [0.15, 0.2) is 0 Å². The highest BCUT2D eigenvalue weighted by Gasteiger charge is 2.39. The maximum atomic E-state index is 12.2. The predicted octanol–water partition coefficient (Wildman–Crippen LogP) is 1.03. The van der Waals surface area contributed by atoms with Crippen LogP contribution in [0.2, 0.25) is 0 Å². The van der Waals surface area contributed by atoms with Crippen LogP contribution in [0.1, 0.15) is 11.3 Å². The molecule has 19 heavy (non-hydrogen) atoms. The lowest BCUT2D eigenvalue weighted by molar-refractivity contribution is -0.137. The summed E-state index contributed by atoms with van der Waals surface area (Å²) in [6.07, 6.45) is 0.917. The molecule has 102 valence electrons. The van der Waals surface area contributed by atoms with Crippen LogP contribution in [0.15, 0.2) is 17.5 Å².